The van der Waals surface area contributed by atoms with Crippen molar-refractivity contribution in [1.29, 1.82) is 0 Å². The monoisotopic (exact) mass is 1360 g/mol. The maximum atomic E-state index is 11.1. The summed E-state index contributed by atoms with van der Waals surface area (Å²) in [5, 5.41) is 106. The molecule has 0 spiro atoms. The average Bonchev–Trinajstić information content (AvgIpc) is 1.85. The van der Waals surface area contributed by atoms with Crippen LogP contribution in [0.1, 0.15) is 81.8 Å². The summed E-state index contributed by atoms with van der Waals surface area (Å²) in [7, 11) is 4.41. The van der Waals surface area contributed by atoms with Crippen LogP contribution in [0.15, 0.2) is 59.9 Å². The number of hydrogen-bond acceptors (Lipinski definition) is 32. The van der Waals surface area contributed by atoms with Gasteiger partial charge in [-0.05, 0) is 6.92 Å². The number of hydrogen-bond donors (Lipinski definition) is 14. The number of nitrogens with one attached hydrogen (secondary N) is 8. The van der Waals surface area contributed by atoms with Gasteiger partial charge in [0.25, 0.3) is 23.6 Å². The number of carbonyl (C=O) groups excluding carboxylic acids is 7. The third-order valence-corrected chi connectivity index (χ3v) is 13.5. The van der Waals surface area contributed by atoms with Crippen LogP contribution in [0.25, 0.3) is 0 Å². The molecule has 14 N–H and O–H groups in total. The van der Waals surface area contributed by atoms with E-state index >= 15 is 0 Å². The number of hydroxylamine groups is 8. The smallest absolute Gasteiger partial charge is 0.409 e. The van der Waals surface area contributed by atoms with Crippen molar-refractivity contribution in [2.75, 3.05) is 79.4 Å². The van der Waals surface area contributed by atoms with Crippen molar-refractivity contribution in [3.8, 4) is 23.4 Å². The van der Waals surface area contributed by atoms with Gasteiger partial charge in [0, 0.05) is 68.2 Å². The van der Waals surface area contributed by atoms with Crippen LogP contribution in [0.2, 0.25) is 0 Å². The average molecular weight is 1360 g/mol. The van der Waals surface area contributed by atoms with E-state index < -0.39 is 49.2 Å². The number of likely N-dealkylation sites (N-methyl/N-ethyl adjacent to an activating group) is 1. The summed E-state index contributed by atoms with van der Waals surface area (Å²) < 4.78 is 59.0. The number of cyclic esters (lactones) is 1. The van der Waals surface area contributed by atoms with Crippen molar-refractivity contribution in [3.63, 3.8) is 0 Å². The SMILES string of the molecule is CC(=O)CCc1ncn[nH]1.CC(=O)Nc1cn[nH]c1.CCS(=O)(=O)c1cn[nH]n1.CCS(=O)(=O)c1cnc[nH]1.CN(O)C(=O)c1[nH]ncc1O.CN(O)C(=O)c1c(O)nnn1C.CN1CCOC1=O.COc1[nH]ncc1C(=O)N(C)O.COc1nn[nH]c1C(=O)N(C)O. The Bertz CT molecular complexity index is 3570. The molecule has 1 saturated heterocycles. The molecule has 0 unspecified atom stereocenters. The predicted molar refractivity (Wildman–Crippen MR) is 309 cm³/mol. The van der Waals surface area contributed by atoms with Gasteiger partial charge in [0.15, 0.2) is 52.6 Å². The van der Waals surface area contributed by atoms with Crippen LogP contribution in [0.4, 0.5) is 10.5 Å². The molecule has 512 valence electrons. The maximum Gasteiger partial charge on any atom is 0.409 e. The Hall–Kier alpha value is -11.4. The standard InChI is InChI=1S/C6H9N3O3.C6H9N3O.2C5H8N4O3.C5H7N3O3.C5H7N3O.C5H8N2O2S.C4H7N3O2S.C4H7NO2/c1-9(11)6(10)4-3-7-8-5(4)12-2;1-5(10)2-3-6-7-4-8-9-6;1-8-3(4(10)6-7-8)5(11)9(2)12;1-9(11)5(10)3-4(12-2)7-8-6-3;1-8(11)5(10)4-3(9)2-6-7-4;1-4(9)8-5-2-6-7-3-5;1-2-10(8,9)5-3-6-4-7-5;1-2-10(8,9)4-3-5-7-6-4;1-5-2-3-7-4(5)6/h3,11H,1-2H3,(H,7,8);4H,2-3H2,1H3,(H,7,8,9);10,12H,1-2H3;11H,1-2H3,(H,6,7,8);2,9,11H,1H3,(H,6,7);2-3H,1H3,(H,6,7)(H,8,9);3-4H,2H2,1H3,(H,6,7);3H,2H2,1H3,(H,5,6,7);2-3H2,1H3. The van der Waals surface area contributed by atoms with Crippen LogP contribution >= 0.6 is 0 Å². The van der Waals surface area contributed by atoms with Crippen molar-refractivity contribution >= 4 is 66.8 Å². The van der Waals surface area contributed by atoms with Gasteiger partial charge in [-0.25, -0.2) is 66.7 Å². The summed E-state index contributed by atoms with van der Waals surface area (Å²) in [6.45, 7) is 7.46. The van der Waals surface area contributed by atoms with Gasteiger partial charge in [0.2, 0.25) is 11.8 Å². The lowest BCUT2D eigenvalue weighted by Gasteiger charge is -2.06. The van der Waals surface area contributed by atoms with Gasteiger partial charge in [-0.15, -0.1) is 5.10 Å². The van der Waals surface area contributed by atoms with Crippen LogP contribution in [0.5, 0.6) is 23.4 Å². The molecule has 46 nitrogen and oxygen atoms in total. The molecule has 8 aromatic heterocycles. The minimum absolute atomic E-state index is 0.00926. The first-order valence-corrected chi connectivity index (χ1v) is 29.0. The molecule has 8 aromatic rings. The van der Waals surface area contributed by atoms with Crippen LogP contribution in [0.3, 0.4) is 0 Å². The molecule has 0 radical (unpaired) electrons. The number of nitrogens with zero attached hydrogens (tertiary/aromatic N) is 18. The van der Waals surface area contributed by atoms with E-state index in [0.717, 1.165) is 37.3 Å². The first-order chi connectivity index (χ1) is 43.7. The molecule has 93 heavy (non-hydrogen) atoms. The van der Waals surface area contributed by atoms with E-state index in [0.29, 0.717) is 45.4 Å². The summed E-state index contributed by atoms with van der Waals surface area (Å²) in [6, 6.07) is 0. The fourth-order valence-electron chi connectivity index (χ4n) is 5.45. The van der Waals surface area contributed by atoms with E-state index in [4.69, 9.17) is 40.5 Å². The molecule has 0 aromatic carbocycles. The zero-order chi connectivity index (χ0) is 70.6. The third-order valence-electron chi connectivity index (χ3n) is 10.2. The summed E-state index contributed by atoms with van der Waals surface area (Å²) in [5.41, 5.74) is 0.627. The number of methoxy groups -OCH3 is 2. The molecule has 6 amide bonds. The zero-order valence-electron chi connectivity index (χ0n) is 51.6. The number of aryl methyl sites for hydroxylation is 2. The van der Waals surface area contributed by atoms with Crippen LogP contribution in [0, 0.1) is 0 Å². The molecule has 9 rings (SSSR count). The number of carbonyl (C=O) groups is 7. The Labute approximate surface area is 526 Å². The number of imidazole rings is 1. The number of H-pyrrole nitrogens is 7. The number of anilines is 1. The summed E-state index contributed by atoms with van der Waals surface area (Å²) in [5.74, 6) is -2.18. The Balaban J connectivity index is 0.000000525. The van der Waals surface area contributed by atoms with Gasteiger partial charge in [-0.3, -0.25) is 60.1 Å². The van der Waals surface area contributed by atoms with Gasteiger partial charge < -0.3 is 44.4 Å². The van der Waals surface area contributed by atoms with Gasteiger partial charge in [-0.1, -0.05) is 34.5 Å². The van der Waals surface area contributed by atoms with E-state index in [2.05, 4.69) is 107 Å². The number of aromatic nitrogens is 20. The molecule has 9 heterocycles. The summed E-state index contributed by atoms with van der Waals surface area (Å²) in [6.07, 6.45) is 11.8. The number of aromatic hydroxyl groups is 2. The van der Waals surface area contributed by atoms with Crippen molar-refractivity contribution in [1.82, 2.24) is 127 Å². The number of Topliss-reactive ketones (excluding diaryl/α,β-unsaturated/α-hetero) is 1. The maximum absolute atomic E-state index is 11.1. The van der Waals surface area contributed by atoms with Crippen molar-refractivity contribution in [2.45, 2.75) is 50.6 Å². The minimum Gasteiger partial charge on any atom is -0.504 e. The summed E-state index contributed by atoms with van der Waals surface area (Å²) in [4.78, 5) is 86.8. The highest BCUT2D eigenvalue weighted by atomic mass is 32.2. The molecule has 0 aliphatic carbocycles. The first-order valence-electron chi connectivity index (χ1n) is 25.7. The predicted octanol–water partition coefficient (Wildman–Crippen LogP) is -1.72. The molecular weight excluding hydrogens is 1290 g/mol. The number of rotatable bonds is 14. The minimum atomic E-state index is -3.16. The van der Waals surface area contributed by atoms with Crippen molar-refractivity contribution in [2.24, 2.45) is 7.05 Å². The molecular formula is C45H70N26O20S2. The molecule has 1 aliphatic heterocycles. The molecule has 0 saturated carbocycles. The highest BCUT2D eigenvalue weighted by Gasteiger charge is 2.22. The van der Waals surface area contributed by atoms with Gasteiger partial charge >= 0.3 is 17.9 Å². The van der Waals surface area contributed by atoms with E-state index in [1.54, 1.807) is 45.1 Å². The zero-order valence-corrected chi connectivity index (χ0v) is 53.3. The number of amides is 6. The molecule has 48 heteroatoms. The topological polar surface area (TPSA) is 635 Å². The Morgan fingerprint density at radius 1 is 0.731 bits per heavy atom. The van der Waals surface area contributed by atoms with Crippen LogP contribution < -0.4 is 14.8 Å². The van der Waals surface area contributed by atoms with Crippen LogP contribution in [-0.2, 0) is 47.5 Å². The third kappa shape index (κ3) is 28.3. The van der Waals surface area contributed by atoms with Gasteiger partial charge in [0.1, 0.15) is 30.1 Å². The Morgan fingerprint density at radius 2 is 1.35 bits per heavy atom. The van der Waals surface area contributed by atoms with E-state index in [1.165, 1.54) is 73.5 Å². The Morgan fingerprint density at radius 3 is 1.76 bits per heavy atom. The van der Waals surface area contributed by atoms with Crippen LogP contribution in [-0.4, -0.2) is 290 Å². The normalized spacial score (nSPS) is 10.8. The number of ether oxygens (including phenoxy) is 3. The van der Waals surface area contributed by atoms with E-state index in [-0.39, 0.29) is 79.5 Å². The second-order valence-corrected chi connectivity index (χ2v) is 21.7. The molecule has 0 atom stereocenters. The molecule has 0 bridgehead atoms. The van der Waals surface area contributed by atoms with E-state index in [9.17, 15) is 50.4 Å². The molecule has 1 aliphatic rings. The van der Waals surface area contributed by atoms with E-state index in [1.807, 2.05) is 0 Å². The number of sulfone groups is 2. The lowest BCUT2D eigenvalue weighted by atomic mass is 10.2. The Kier molecular flexibility index (Phi) is 34.5. The van der Waals surface area contributed by atoms with Crippen molar-refractivity contribution < 1.29 is 95.7 Å². The largest absolute Gasteiger partial charge is 0.504 e. The lowest BCUT2D eigenvalue weighted by Crippen LogP contribution is -2.24. The highest BCUT2D eigenvalue weighted by Crippen LogP contribution is 2.16. The lowest BCUT2D eigenvalue weighted by molar-refractivity contribution is -0.117. The number of ketones is 1. The fraction of sp³-hybridized carbons (Fsp3) is 0.400. The van der Waals surface area contributed by atoms with Gasteiger partial charge in [-0.2, -0.15) is 30.7 Å². The first kappa shape index (κ1) is 79.6. The summed E-state index contributed by atoms with van der Waals surface area (Å²) >= 11 is 0. The second kappa shape index (κ2) is 40.3. The van der Waals surface area contributed by atoms with Gasteiger partial charge in [0.05, 0.1) is 75.3 Å². The fourth-order valence-corrected chi connectivity index (χ4v) is 6.90. The second-order valence-electron chi connectivity index (χ2n) is 17.2. The quantitative estimate of drug-likeness (QED) is 0.0425. The number of aromatic amines is 7. The highest BCUT2D eigenvalue weighted by molar-refractivity contribution is 7.91. The molecule has 1 fully saturated rings. The van der Waals surface area contributed by atoms with Crippen molar-refractivity contribution in [3.05, 3.63) is 78.3 Å².